The Morgan fingerprint density at radius 3 is 2.59 bits per heavy atom. The van der Waals surface area contributed by atoms with E-state index in [4.69, 9.17) is 0 Å². The molecule has 0 spiro atoms. The zero-order valence-corrected chi connectivity index (χ0v) is 10.4. The molecule has 1 saturated heterocycles. The summed E-state index contributed by atoms with van der Waals surface area (Å²) in [6.07, 6.45) is 2.12. The molecule has 0 amide bonds. The van der Waals surface area contributed by atoms with Crippen LogP contribution in [0.3, 0.4) is 0 Å². The van der Waals surface area contributed by atoms with E-state index in [1.807, 2.05) is 12.1 Å². The van der Waals surface area contributed by atoms with Crippen molar-refractivity contribution in [1.82, 2.24) is 9.80 Å². The molecule has 0 aromatic heterocycles. The van der Waals surface area contributed by atoms with E-state index in [-0.39, 0.29) is 0 Å². The van der Waals surface area contributed by atoms with Gasteiger partial charge in [-0.25, -0.2) is 0 Å². The van der Waals surface area contributed by atoms with E-state index in [0.29, 0.717) is 11.8 Å². The second kappa shape index (κ2) is 4.31. The number of nitrogens with zero attached hydrogens (tertiary/aromatic N) is 2. The van der Waals surface area contributed by atoms with Crippen molar-refractivity contribution in [2.24, 2.45) is 0 Å². The molecular weight excluding hydrogens is 212 g/mol. The topological polar surface area (TPSA) is 26.7 Å². The number of aromatic hydroxyl groups is 1. The minimum Gasteiger partial charge on any atom is -0.508 e. The average molecular weight is 232 g/mol. The molecule has 2 aliphatic rings. The van der Waals surface area contributed by atoms with Crippen molar-refractivity contribution in [1.29, 1.82) is 0 Å². The second-order valence-corrected chi connectivity index (χ2v) is 5.32. The number of phenolic OH excluding ortho intramolecular Hbond substituents is 1. The van der Waals surface area contributed by atoms with Crippen LogP contribution in [-0.2, 0) is 12.8 Å². The summed E-state index contributed by atoms with van der Waals surface area (Å²) in [7, 11) is 2.19. The lowest BCUT2D eigenvalue weighted by Crippen LogP contribution is -2.49. The number of fused-ring (bicyclic) bond motifs is 1. The summed E-state index contributed by atoms with van der Waals surface area (Å²) in [6, 6.07) is 6.53. The molecule has 1 aliphatic carbocycles. The standard InChI is InChI=1S/C14H20N2O/c1-15-5-7-16(8-6-15)12-9-11-3-2-4-14(17)13(11)10-12/h2-4,12,17H,5-10H2,1H3. The molecule has 17 heavy (non-hydrogen) atoms. The smallest absolute Gasteiger partial charge is 0.119 e. The lowest BCUT2D eigenvalue weighted by Gasteiger charge is -2.36. The quantitative estimate of drug-likeness (QED) is 0.785. The number of hydrogen-bond donors (Lipinski definition) is 1. The van der Waals surface area contributed by atoms with Gasteiger partial charge in [0, 0.05) is 32.2 Å². The van der Waals surface area contributed by atoms with E-state index >= 15 is 0 Å². The Morgan fingerprint density at radius 1 is 1.12 bits per heavy atom. The number of likely N-dealkylation sites (N-methyl/N-ethyl adjacent to an activating group) is 1. The van der Waals surface area contributed by atoms with Crippen LogP contribution in [0, 0.1) is 0 Å². The summed E-state index contributed by atoms with van der Waals surface area (Å²) in [5, 5.41) is 9.86. The van der Waals surface area contributed by atoms with Gasteiger partial charge in [0.15, 0.2) is 0 Å². The van der Waals surface area contributed by atoms with Crippen LogP contribution in [0.4, 0.5) is 0 Å². The van der Waals surface area contributed by atoms with Gasteiger partial charge in [-0.1, -0.05) is 12.1 Å². The minimum absolute atomic E-state index is 0.485. The van der Waals surface area contributed by atoms with Crippen molar-refractivity contribution in [2.45, 2.75) is 18.9 Å². The van der Waals surface area contributed by atoms with Crippen molar-refractivity contribution < 1.29 is 5.11 Å². The molecule has 0 saturated carbocycles. The zero-order chi connectivity index (χ0) is 11.8. The maximum Gasteiger partial charge on any atom is 0.119 e. The Kier molecular flexibility index (Phi) is 2.81. The molecule has 0 bridgehead atoms. The van der Waals surface area contributed by atoms with Gasteiger partial charge >= 0.3 is 0 Å². The van der Waals surface area contributed by atoms with Crippen LogP contribution in [0.2, 0.25) is 0 Å². The highest BCUT2D eigenvalue weighted by Gasteiger charge is 2.29. The van der Waals surface area contributed by atoms with Gasteiger partial charge in [0.05, 0.1) is 0 Å². The summed E-state index contributed by atoms with van der Waals surface area (Å²) >= 11 is 0. The molecule has 1 aromatic carbocycles. The Bertz CT molecular complexity index is 411. The summed E-state index contributed by atoms with van der Waals surface area (Å²) in [5.41, 5.74) is 2.52. The highest BCUT2D eigenvalue weighted by Crippen LogP contribution is 2.32. The van der Waals surface area contributed by atoms with Crippen molar-refractivity contribution >= 4 is 0 Å². The van der Waals surface area contributed by atoms with Crippen LogP contribution < -0.4 is 0 Å². The molecule has 1 N–H and O–H groups in total. The summed E-state index contributed by atoms with van der Waals surface area (Å²) in [6.45, 7) is 4.66. The predicted octanol–water partition coefficient (Wildman–Crippen LogP) is 1.11. The molecule has 3 nitrogen and oxygen atoms in total. The molecule has 1 aromatic rings. The van der Waals surface area contributed by atoms with Crippen molar-refractivity contribution in [3.63, 3.8) is 0 Å². The Hall–Kier alpha value is -1.06. The first kappa shape index (κ1) is 11.1. The van der Waals surface area contributed by atoms with E-state index in [1.54, 1.807) is 0 Å². The third-order valence-electron chi connectivity index (χ3n) is 4.20. The largest absolute Gasteiger partial charge is 0.508 e. The van der Waals surface area contributed by atoms with E-state index in [2.05, 4.69) is 22.9 Å². The number of phenols is 1. The monoisotopic (exact) mass is 232 g/mol. The van der Waals surface area contributed by atoms with E-state index in [9.17, 15) is 5.11 Å². The molecule has 0 radical (unpaired) electrons. The molecule has 1 atom stereocenters. The third-order valence-corrected chi connectivity index (χ3v) is 4.20. The second-order valence-electron chi connectivity index (χ2n) is 5.32. The first-order valence-corrected chi connectivity index (χ1v) is 6.46. The zero-order valence-electron chi connectivity index (χ0n) is 10.4. The number of rotatable bonds is 1. The fraction of sp³-hybridized carbons (Fsp3) is 0.571. The minimum atomic E-state index is 0.485. The molecule has 3 heteroatoms. The van der Waals surface area contributed by atoms with Gasteiger partial charge in [0.1, 0.15) is 5.75 Å². The van der Waals surface area contributed by atoms with E-state index in [1.165, 1.54) is 24.2 Å². The van der Waals surface area contributed by atoms with Crippen molar-refractivity contribution in [3.8, 4) is 5.75 Å². The van der Waals surface area contributed by atoms with Crippen LogP contribution in [0.15, 0.2) is 18.2 Å². The van der Waals surface area contributed by atoms with Crippen LogP contribution >= 0.6 is 0 Å². The molecule has 1 aliphatic heterocycles. The van der Waals surface area contributed by atoms with Gasteiger partial charge < -0.3 is 10.0 Å². The Morgan fingerprint density at radius 2 is 1.88 bits per heavy atom. The molecule has 1 fully saturated rings. The number of hydrogen-bond acceptors (Lipinski definition) is 3. The van der Waals surface area contributed by atoms with Crippen molar-refractivity contribution in [2.75, 3.05) is 33.2 Å². The fourth-order valence-electron chi connectivity index (χ4n) is 3.05. The highest BCUT2D eigenvalue weighted by atomic mass is 16.3. The van der Waals surface area contributed by atoms with Crippen molar-refractivity contribution in [3.05, 3.63) is 29.3 Å². The van der Waals surface area contributed by atoms with Crippen LogP contribution in [-0.4, -0.2) is 54.2 Å². The van der Waals surface area contributed by atoms with E-state index in [0.717, 1.165) is 25.9 Å². The maximum atomic E-state index is 9.86. The van der Waals surface area contributed by atoms with E-state index < -0.39 is 0 Å². The van der Waals surface area contributed by atoms with Gasteiger partial charge in [-0.3, -0.25) is 4.90 Å². The number of piperazine rings is 1. The average Bonchev–Trinajstić information content (AvgIpc) is 2.75. The summed E-state index contributed by atoms with van der Waals surface area (Å²) in [5.74, 6) is 0.485. The maximum absolute atomic E-state index is 9.86. The van der Waals surface area contributed by atoms with Crippen LogP contribution in [0.1, 0.15) is 11.1 Å². The first-order chi connectivity index (χ1) is 8.24. The molecule has 92 valence electrons. The fourth-order valence-corrected chi connectivity index (χ4v) is 3.05. The van der Waals surface area contributed by atoms with Crippen LogP contribution in [0.5, 0.6) is 5.75 Å². The van der Waals surface area contributed by atoms with Crippen LogP contribution in [0.25, 0.3) is 0 Å². The molecule has 3 rings (SSSR count). The lowest BCUT2D eigenvalue weighted by atomic mass is 10.1. The Balaban J connectivity index is 1.72. The normalized spacial score (nSPS) is 26.1. The third kappa shape index (κ3) is 2.05. The van der Waals surface area contributed by atoms with Gasteiger partial charge in [-0.05, 0) is 37.1 Å². The summed E-state index contributed by atoms with van der Waals surface area (Å²) < 4.78 is 0. The van der Waals surface area contributed by atoms with Gasteiger partial charge in [-0.2, -0.15) is 0 Å². The SMILES string of the molecule is CN1CCN(C2Cc3cccc(O)c3C2)CC1. The van der Waals surface area contributed by atoms with Gasteiger partial charge in [0.25, 0.3) is 0 Å². The molecule has 1 heterocycles. The predicted molar refractivity (Wildman–Crippen MR) is 68.4 cm³/mol. The summed E-state index contributed by atoms with van der Waals surface area (Å²) in [4.78, 5) is 4.97. The van der Waals surface area contributed by atoms with Gasteiger partial charge in [0.2, 0.25) is 0 Å². The number of benzene rings is 1. The molecule has 1 unspecified atom stereocenters. The molecular formula is C14H20N2O. The highest BCUT2D eigenvalue weighted by molar-refractivity contribution is 5.43. The lowest BCUT2D eigenvalue weighted by molar-refractivity contribution is 0.115. The Labute approximate surface area is 103 Å². The first-order valence-electron chi connectivity index (χ1n) is 6.46. The van der Waals surface area contributed by atoms with Gasteiger partial charge in [-0.15, -0.1) is 0 Å².